The number of terminal acetylenes is 1. The monoisotopic (exact) mass is 829 g/mol. The van der Waals surface area contributed by atoms with E-state index >= 15 is 0 Å². The minimum atomic E-state index is -1.30. The summed E-state index contributed by atoms with van der Waals surface area (Å²) in [7, 11) is 1.44. The molecule has 0 saturated heterocycles. The zero-order valence-corrected chi connectivity index (χ0v) is 34.9. The molecule has 1 aliphatic heterocycles. The number of rotatable bonds is 16. The van der Waals surface area contributed by atoms with Crippen LogP contribution in [0.2, 0.25) is 0 Å². The number of hydrogen-bond donors (Lipinski definition) is 6. The molecule has 1 heterocycles. The Morgan fingerprint density at radius 3 is 2.08 bits per heavy atom. The summed E-state index contributed by atoms with van der Waals surface area (Å²) in [5.41, 5.74) is 17.3. The summed E-state index contributed by atoms with van der Waals surface area (Å²) in [6, 6.07) is 22.3. The Bertz CT molecular complexity index is 2220. The lowest BCUT2D eigenvalue weighted by atomic mass is 9.93. The van der Waals surface area contributed by atoms with E-state index in [1.807, 2.05) is 12.1 Å². The summed E-state index contributed by atoms with van der Waals surface area (Å²) in [4.78, 5) is 69.6. The Labute approximate surface area is 357 Å². The Balaban J connectivity index is 1.46. The van der Waals surface area contributed by atoms with Crippen molar-refractivity contribution in [3.05, 3.63) is 107 Å². The van der Waals surface area contributed by atoms with Gasteiger partial charge in [0.1, 0.15) is 42.8 Å². The molecular formula is C47H55N7O7. The highest BCUT2D eigenvalue weighted by molar-refractivity contribution is 5.98. The molecule has 61 heavy (non-hydrogen) atoms. The van der Waals surface area contributed by atoms with Crippen LogP contribution in [0, 0.1) is 12.3 Å². The van der Waals surface area contributed by atoms with E-state index in [4.69, 9.17) is 27.4 Å². The lowest BCUT2D eigenvalue weighted by Gasteiger charge is -2.30. The fourth-order valence-electron chi connectivity index (χ4n) is 6.93. The number of hydrogen-bond acceptors (Lipinski definition) is 9. The molecule has 320 valence electrons. The number of nitrogens with one attached hydrogen (secondary N) is 4. The molecule has 3 atom stereocenters. The molecule has 5 rings (SSSR count). The third-order valence-electron chi connectivity index (χ3n) is 10.3. The van der Waals surface area contributed by atoms with Gasteiger partial charge in [0, 0.05) is 43.2 Å². The molecule has 1 aliphatic rings. The average Bonchev–Trinajstić information content (AvgIpc) is 3.27. The fraction of sp³-hybridized carbons (Fsp3) is 0.340. The first-order valence-electron chi connectivity index (χ1n) is 20.5. The molecule has 14 nitrogen and oxygen atoms in total. The van der Waals surface area contributed by atoms with Crippen LogP contribution in [0.1, 0.15) is 59.8 Å². The van der Waals surface area contributed by atoms with Crippen molar-refractivity contribution < 1.29 is 33.4 Å². The highest BCUT2D eigenvalue weighted by Gasteiger charge is 2.33. The minimum absolute atomic E-state index is 0.0633. The number of unbranched alkanes of at least 4 members (excludes halogenated alkanes) is 1. The smallest absolute Gasteiger partial charge is 0.251 e. The van der Waals surface area contributed by atoms with Crippen LogP contribution in [0.15, 0.2) is 84.9 Å². The van der Waals surface area contributed by atoms with Gasteiger partial charge in [-0.05, 0) is 84.0 Å². The Morgan fingerprint density at radius 1 is 0.836 bits per heavy atom. The lowest BCUT2D eigenvalue weighted by molar-refractivity contribution is -0.139. The molecule has 0 saturated carbocycles. The van der Waals surface area contributed by atoms with Gasteiger partial charge in [0.2, 0.25) is 23.6 Å². The second-order valence-electron chi connectivity index (χ2n) is 14.7. The standard InChI is InChI=1S/C47H55N7O7/c1-5-7-8-31-9-12-33(13-10-31)34-14-16-35(17-15-34)45(57)51-29-42(55)54(4)43-36-18-20-41(61-25-22-49)38(28-36)37-26-32(11-19-40(37)60-24-21-48)27-39(46(58)50-23-6-2)53-44(56)30(3)52-47(43)59/h2,9-20,26,28,30,39,43H,5,7-8,21-25,27,29,48-49H2,1,3-4H3,(H,50,58)(H,51,57)(H,52,59)(H,53,56)/t30-,39?,43?/m0/s1. The first-order valence-corrected chi connectivity index (χ1v) is 20.5. The molecule has 2 unspecified atom stereocenters. The third-order valence-corrected chi connectivity index (χ3v) is 10.3. The van der Waals surface area contributed by atoms with Gasteiger partial charge in [-0.2, -0.15) is 0 Å². The van der Waals surface area contributed by atoms with Crippen molar-refractivity contribution >= 4 is 29.5 Å². The van der Waals surface area contributed by atoms with Crippen LogP contribution >= 0.6 is 0 Å². The molecule has 14 heteroatoms. The Morgan fingerprint density at radius 2 is 1.46 bits per heavy atom. The first kappa shape index (κ1) is 45.4. The molecule has 0 spiro atoms. The zero-order chi connectivity index (χ0) is 43.9. The van der Waals surface area contributed by atoms with Gasteiger partial charge in [0.15, 0.2) is 0 Å². The summed E-state index contributed by atoms with van der Waals surface area (Å²) in [5.74, 6) is 0.286. The second-order valence-corrected chi connectivity index (χ2v) is 14.7. The predicted molar refractivity (Wildman–Crippen MR) is 234 cm³/mol. The van der Waals surface area contributed by atoms with Gasteiger partial charge in [-0.15, -0.1) is 6.42 Å². The summed E-state index contributed by atoms with van der Waals surface area (Å²) >= 11 is 0. The lowest BCUT2D eigenvalue weighted by Crippen LogP contribution is -2.55. The van der Waals surface area contributed by atoms with Crippen molar-refractivity contribution in [1.82, 2.24) is 26.2 Å². The number of nitrogens with zero attached hydrogens (tertiary/aromatic N) is 1. The SMILES string of the molecule is C#CCNC(=O)C1Cc2ccc(OCCN)c(c2)-c2cc(ccc2OCCN)C(N(C)C(=O)CNC(=O)c2ccc(-c3ccc(CCCC)cc3)cc2)C(=O)N[C@@H](C)C(=O)N1. The van der Waals surface area contributed by atoms with Crippen molar-refractivity contribution in [2.45, 2.75) is 57.7 Å². The molecule has 0 fully saturated rings. The highest BCUT2D eigenvalue weighted by Crippen LogP contribution is 2.40. The van der Waals surface area contributed by atoms with E-state index in [9.17, 15) is 24.0 Å². The largest absolute Gasteiger partial charge is 0.492 e. The van der Waals surface area contributed by atoms with Crippen molar-refractivity contribution in [2.24, 2.45) is 11.5 Å². The number of ether oxygens (including phenoxy) is 2. The third kappa shape index (κ3) is 12.0. The second kappa shape index (κ2) is 22.1. The maximum Gasteiger partial charge on any atom is 0.251 e. The van der Waals surface area contributed by atoms with Crippen LogP contribution in [0.25, 0.3) is 22.3 Å². The number of carbonyl (C=O) groups excluding carboxylic acids is 5. The van der Waals surface area contributed by atoms with Crippen LogP contribution in [0.3, 0.4) is 0 Å². The molecular weight excluding hydrogens is 775 g/mol. The van der Waals surface area contributed by atoms with Crippen molar-refractivity contribution in [1.29, 1.82) is 0 Å². The topological polar surface area (TPSA) is 207 Å². The molecule has 0 aromatic heterocycles. The van der Waals surface area contributed by atoms with Gasteiger partial charge in [-0.1, -0.05) is 67.8 Å². The van der Waals surface area contributed by atoms with Crippen LogP contribution < -0.4 is 42.2 Å². The molecule has 4 aromatic carbocycles. The van der Waals surface area contributed by atoms with Gasteiger partial charge in [-0.3, -0.25) is 24.0 Å². The average molecular weight is 830 g/mol. The first-order chi connectivity index (χ1) is 29.5. The number of amides is 5. The van der Waals surface area contributed by atoms with E-state index in [0.29, 0.717) is 39.3 Å². The number of fused-ring (bicyclic) bond motifs is 5. The summed E-state index contributed by atoms with van der Waals surface area (Å²) in [6.07, 6.45) is 8.74. The summed E-state index contributed by atoms with van der Waals surface area (Å²) in [6.45, 7) is 3.93. The van der Waals surface area contributed by atoms with Crippen molar-refractivity contribution in [3.8, 4) is 46.1 Å². The number of benzene rings is 4. The summed E-state index contributed by atoms with van der Waals surface area (Å²) in [5, 5.41) is 10.8. The Kier molecular flexibility index (Phi) is 16.4. The van der Waals surface area contributed by atoms with E-state index in [1.165, 1.54) is 24.4 Å². The number of nitrogens with two attached hydrogens (primary N) is 2. The Hall–Kier alpha value is -6.69. The van der Waals surface area contributed by atoms with E-state index in [1.54, 1.807) is 48.5 Å². The predicted octanol–water partition coefficient (Wildman–Crippen LogP) is 3.26. The van der Waals surface area contributed by atoms with Crippen LogP contribution in [-0.4, -0.2) is 93.0 Å². The molecule has 4 bridgehead atoms. The van der Waals surface area contributed by atoms with Gasteiger partial charge in [-0.25, -0.2) is 0 Å². The van der Waals surface area contributed by atoms with Crippen LogP contribution in [0.5, 0.6) is 11.5 Å². The normalized spacial score (nSPS) is 16.2. The molecule has 4 aromatic rings. The van der Waals surface area contributed by atoms with Crippen LogP contribution in [0.4, 0.5) is 0 Å². The van der Waals surface area contributed by atoms with Gasteiger partial charge < -0.3 is 47.1 Å². The summed E-state index contributed by atoms with van der Waals surface area (Å²) < 4.78 is 12.1. The zero-order valence-electron chi connectivity index (χ0n) is 34.9. The molecule has 0 radical (unpaired) electrons. The van der Waals surface area contributed by atoms with E-state index in [-0.39, 0.29) is 39.3 Å². The van der Waals surface area contributed by atoms with Gasteiger partial charge >= 0.3 is 0 Å². The quantitative estimate of drug-likeness (QED) is 0.0916. The number of likely N-dealkylation sites (N-methyl/N-ethyl adjacent to an activating group) is 1. The van der Waals surface area contributed by atoms with Gasteiger partial charge in [0.05, 0.1) is 13.1 Å². The van der Waals surface area contributed by atoms with E-state index in [2.05, 4.69) is 58.4 Å². The van der Waals surface area contributed by atoms with Crippen LogP contribution in [-0.2, 0) is 32.0 Å². The number of carbonyl (C=O) groups is 5. The highest BCUT2D eigenvalue weighted by atomic mass is 16.5. The molecule has 0 aliphatic carbocycles. The van der Waals surface area contributed by atoms with E-state index in [0.717, 1.165) is 30.4 Å². The molecule has 8 N–H and O–H groups in total. The van der Waals surface area contributed by atoms with E-state index < -0.39 is 54.2 Å². The fourth-order valence-corrected chi connectivity index (χ4v) is 6.93. The van der Waals surface area contributed by atoms with Crippen molar-refractivity contribution in [3.63, 3.8) is 0 Å². The van der Waals surface area contributed by atoms with Crippen molar-refractivity contribution in [2.75, 3.05) is 46.4 Å². The van der Waals surface area contributed by atoms with Gasteiger partial charge in [0.25, 0.3) is 5.91 Å². The maximum atomic E-state index is 14.3. The number of aryl methyl sites for hydroxylation is 1. The molecule has 5 amide bonds. The minimum Gasteiger partial charge on any atom is -0.492 e. The maximum absolute atomic E-state index is 14.3.